The SMILES string of the molecule is CCC1CCCN(S(=O)(=O)c2cccc(C(C)=O)c2)CC1. The summed E-state index contributed by atoms with van der Waals surface area (Å²) in [6.45, 7) is 4.75. The third-order valence-corrected chi connectivity index (χ3v) is 6.16. The third-order valence-electron chi connectivity index (χ3n) is 4.26. The smallest absolute Gasteiger partial charge is 0.243 e. The van der Waals surface area contributed by atoms with Crippen molar-refractivity contribution < 1.29 is 13.2 Å². The molecule has 1 unspecified atom stereocenters. The van der Waals surface area contributed by atoms with Gasteiger partial charge in [0.1, 0.15) is 0 Å². The number of carbonyl (C=O) groups excluding carboxylic acids is 1. The van der Waals surface area contributed by atoms with Gasteiger partial charge in [0.05, 0.1) is 4.90 Å². The lowest BCUT2D eigenvalue weighted by atomic mass is 9.98. The van der Waals surface area contributed by atoms with Gasteiger partial charge < -0.3 is 0 Å². The molecule has 0 aliphatic carbocycles. The van der Waals surface area contributed by atoms with Crippen LogP contribution in [0.3, 0.4) is 0 Å². The number of rotatable bonds is 4. The molecule has 0 bridgehead atoms. The molecule has 1 fully saturated rings. The number of hydrogen-bond donors (Lipinski definition) is 0. The first-order valence-electron chi connectivity index (χ1n) is 7.56. The van der Waals surface area contributed by atoms with Crippen molar-refractivity contribution in [2.75, 3.05) is 13.1 Å². The molecule has 0 spiro atoms. The molecule has 116 valence electrons. The van der Waals surface area contributed by atoms with E-state index >= 15 is 0 Å². The van der Waals surface area contributed by atoms with E-state index in [0.717, 1.165) is 25.7 Å². The lowest BCUT2D eigenvalue weighted by molar-refractivity contribution is 0.101. The fraction of sp³-hybridized carbons (Fsp3) is 0.562. The molecule has 1 saturated heterocycles. The van der Waals surface area contributed by atoms with Crippen molar-refractivity contribution in [2.45, 2.75) is 44.4 Å². The van der Waals surface area contributed by atoms with E-state index in [2.05, 4.69) is 6.92 Å². The summed E-state index contributed by atoms with van der Waals surface area (Å²) < 4.78 is 27.0. The van der Waals surface area contributed by atoms with Crippen molar-refractivity contribution in [3.63, 3.8) is 0 Å². The van der Waals surface area contributed by atoms with Gasteiger partial charge in [0.2, 0.25) is 10.0 Å². The van der Waals surface area contributed by atoms with Gasteiger partial charge in [-0.2, -0.15) is 4.31 Å². The van der Waals surface area contributed by atoms with Crippen LogP contribution in [0, 0.1) is 5.92 Å². The van der Waals surface area contributed by atoms with Gasteiger partial charge in [0.15, 0.2) is 5.78 Å². The maximum Gasteiger partial charge on any atom is 0.243 e. The quantitative estimate of drug-likeness (QED) is 0.803. The minimum absolute atomic E-state index is 0.117. The Bertz CT molecular complexity index is 610. The summed E-state index contributed by atoms with van der Waals surface area (Å²) in [5.41, 5.74) is 0.442. The molecule has 1 aromatic carbocycles. The van der Waals surface area contributed by atoms with Gasteiger partial charge in [-0.15, -0.1) is 0 Å². The van der Waals surface area contributed by atoms with Crippen molar-refractivity contribution in [1.82, 2.24) is 4.31 Å². The zero-order valence-electron chi connectivity index (χ0n) is 12.7. The Labute approximate surface area is 127 Å². The fourth-order valence-corrected chi connectivity index (χ4v) is 4.35. The second-order valence-electron chi connectivity index (χ2n) is 5.69. The topological polar surface area (TPSA) is 54.5 Å². The van der Waals surface area contributed by atoms with Crippen molar-refractivity contribution >= 4 is 15.8 Å². The predicted octanol–water partition coefficient (Wildman–Crippen LogP) is 3.09. The molecule has 1 aromatic rings. The Kier molecular flexibility index (Phi) is 5.17. The Morgan fingerprint density at radius 2 is 2.05 bits per heavy atom. The van der Waals surface area contributed by atoms with Crippen LogP contribution in [0.4, 0.5) is 0 Å². The molecule has 2 rings (SSSR count). The first kappa shape index (κ1) is 16.2. The van der Waals surface area contributed by atoms with Crippen molar-refractivity contribution in [2.24, 2.45) is 5.92 Å². The van der Waals surface area contributed by atoms with E-state index < -0.39 is 10.0 Å². The first-order chi connectivity index (χ1) is 9.95. The van der Waals surface area contributed by atoms with Gasteiger partial charge >= 0.3 is 0 Å². The highest BCUT2D eigenvalue weighted by molar-refractivity contribution is 7.89. The Hall–Kier alpha value is -1.20. The minimum Gasteiger partial charge on any atom is -0.295 e. The number of benzene rings is 1. The average molecular weight is 309 g/mol. The van der Waals surface area contributed by atoms with E-state index in [9.17, 15) is 13.2 Å². The van der Waals surface area contributed by atoms with Gasteiger partial charge in [-0.3, -0.25) is 4.79 Å². The van der Waals surface area contributed by atoms with Crippen LogP contribution in [-0.2, 0) is 10.0 Å². The summed E-state index contributed by atoms with van der Waals surface area (Å²) in [7, 11) is -3.49. The third kappa shape index (κ3) is 3.71. The van der Waals surface area contributed by atoms with Crippen molar-refractivity contribution in [1.29, 1.82) is 0 Å². The lowest BCUT2D eigenvalue weighted by Gasteiger charge is -2.20. The van der Waals surface area contributed by atoms with Gasteiger partial charge in [0, 0.05) is 18.7 Å². The number of hydrogen-bond acceptors (Lipinski definition) is 3. The number of sulfonamides is 1. The van der Waals surface area contributed by atoms with Crippen LogP contribution in [0.1, 0.15) is 49.9 Å². The largest absolute Gasteiger partial charge is 0.295 e. The van der Waals surface area contributed by atoms with E-state index in [0.29, 0.717) is 24.6 Å². The summed E-state index contributed by atoms with van der Waals surface area (Å²) in [5, 5.41) is 0. The molecule has 5 heteroatoms. The molecule has 0 N–H and O–H groups in total. The van der Waals surface area contributed by atoms with Crippen LogP contribution < -0.4 is 0 Å². The highest BCUT2D eigenvalue weighted by Gasteiger charge is 2.27. The molecule has 4 nitrogen and oxygen atoms in total. The van der Waals surface area contributed by atoms with E-state index in [1.54, 1.807) is 22.5 Å². The van der Waals surface area contributed by atoms with Gasteiger partial charge in [-0.25, -0.2) is 8.42 Å². The molecule has 0 amide bonds. The molecular weight excluding hydrogens is 286 g/mol. The summed E-state index contributed by atoms with van der Waals surface area (Å²) in [6.07, 6.45) is 4.02. The standard InChI is InChI=1S/C16H23NO3S/c1-3-14-6-5-10-17(11-9-14)21(19,20)16-8-4-7-15(12-16)13(2)18/h4,7-8,12,14H,3,5-6,9-11H2,1-2H3. The summed E-state index contributed by atoms with van der Waals surface area (Å²) in [5.74, 6) is 0.503. The molecule has 1 atom stereocenters. The summed E-state index contributed by atoms with van der Waals surface area (Å²) in [4.78, 5) is 11.7. The van der Waals surface area contributed by atoms with E-state index in [4.69, 9.17) is 0 Å². The average Bonchev–Trinajstić information content (AvgIpc) is 2.73. The van der Waals surface area contributed by atoms with Crippen LogP contribution in [0.5, 0.6) is 0 Å². The Morgan fingerprint density at radius 3 is 2.71 bits per heavy atom. The molecule has 21 heavy (non-hydrogen) atoms. The maximum atomic E-state index is 12.7. The van der Waals surface area contributed by atoms with E-state index in [-0.39, 0.29) is 10.7 Å². The van der Waals surface area contributed by atoms with E-state index in [1.807, 2.05) is 0 Å². The van der Waals surface area contributed by atoms with E-state index in [1.165, 1.54) is 13.0 Å². The second kappa shape index (κ2) is 6.71. The van der Waals surface area contributed by atoms with Crippen LogP contribution in [-0.4, -0.2) is 31.6 Å². The highest BCUT2D eigenvalue weighted by Crippen LogP contribution is 2.25. The normalized spacial score (nSPS) is 21.0. The monoisotopic (exact) mass is 309 g/mol. The molecule has 1 heterocycles. The minimum atomic E-state index is -3.49. The molecule has 1 aliphatic rings. The second-order valence-corrected chi connectivity index (χ2v) is 7.63. The molecule has 0 saturated carbocycles. The molecular formula is C16H23NO3S. The lowest BCUT2D eigenvalue weighted by Crippen LogP contribution is -2.32. The maximum absolute atomic E-state index is 12.7. The predicted molar refractivity (Wildman–Crippen MR) is 82.8 cm³/mol. The van der Waals surface area contributed by atoms with Crippen LogP contribution in [0.2, 0.25) is 0 Å². The van der Waals surface area contributed by atoms with Gasteiger partial charge in [0.25, 0.3) is 0 Å². The van der Waals surface area contributed by atoms with Crippen LogP contribution in [0.25, 0.3) is 0 Å². The van der Waals surface area contributed by atoms with Gasteiger partial charge in [-0.1, -0.05) is 25.5 Å². The molecule has 1 aliphatic heterocycles. The number of ketones is 1. The Morgan fingerprint density at radius 1 is 1.29 bits per heavy atom. The summed E-state index contributed by atoms with van der Waals surface area (Å²) >= 11 is 0. The number of nitrogens with zero attached hydrogens (tertiary/aromatic N) is 1. The number of carbonyl (C=O) groups is 1. The fourth-order valence-electron chi connectivity index (χ4n) is 2.81. The zero-order valence-corrected chi connectivity index (χ0v) is 13.5. The van der Waals surface area contributed by atoms with Crippen LogP contribution >= 0.6 is 0 Å². The molecule has 0 radical (unpaired) electrons. The zero-order chi connectivity index (χ0) is 15.5. The summed E-state index contributed by atoms with van der Waals surface area (Å²) in [6, 6.07) is 6.34. The van der Waals surface area contributed by atoms with Crippen molar-refractivity contribution in [3.8, 4) is 0 Å². The molecule has 0 aromatic heterocycles. The highest BCUT2D eigenvalue weighted by atomic mass is 32.2. The van der Waals surface area contributed by atoms with Crippen molar-refractivity contribution in [3.05, 3.63) is 29.8 Å². The van der Waals surface area contributed by atoms with Crippen LogP contribution in [0.15, 0.2) is 29.2 Å². The van der Waals surface area contributed by atoms with Gasteiger partial charge in [-0.05, 0) is 44.2 Å². The Balaban J connectivity index is 2.25. The first-order valence-corrected chi connectivity index (χ1v) is 9.00. The number of Topliss-reactive ketones (excluding diaryl/α,β-unsaturated/α-hetero) is 1.